The molecule has 0 radical (unpaired) electrons. The van der Waals surface area contributed by atoms with Gasteiger partial charge in [-0.15, -0.1) is 0 Å². The number of benzene rings is 1. The molecule has 0 aliphatic heterocycles. The highest BCUT2D eigenvalue weighted by molar-refractivity contribution is 6.31. The van der Waals surface area contributed by atoms with Crippen molar-refractivity contribution in [3.8, 4) is 0 Å². The van der Waals surface area contributed by atoms with Gasteiger partial charge in [0.15, 0.2) is 0 Å². The van der Waals surface area contributed by atoms with Crippen LogP contribution < -0.4 is 0 Å². The molecule has 1 saturated carbocycles. The smallest absolute Gasteiger partial charge is 0.140 e. The number of ketones is 1. The number of carbonyl (C=O) groups excluding carboxylic acids is 1. The lowest BCUT2D eigenvalue weighted by molar-refractivity contribution is -0.123. The first-order valence-corrected chi connectivity index (χ1v) is 7.12. The van der Waals surface area contributed by atoms with Gasteiger partial charge in [0.25, 0.3) is 0 Å². The summed E-state index contributed by atoms with van der Waals surface area (Å²) >= 11 is 6.10. The summed E-state index contributed by atoms with van der Waals surface area (Å²) in [5.74, 6) is 0.605. The third kappa shape index (κ3) is 3.35. The summed E-state index contributed by atoms with van der Waals surface area (Å²) in [6.07, 6.45) is 4.88. The summed E-state index contributed by atoms with van der Waals surface area (Å²) in [7, 11) is 0. The van der Waals surface area contributed by atoms with Gasteiger partial charge in [0, 0.05) is 17.4 Å². The Morgan fingerprint density at radius 1 is 1.28 bits per heavy atom. The van der Waals surface area contributed by atoms with Crippen LogP contribution in [0.5, 0.6) is 0 Å². The Kier molecular flexibility index (Phi) is 4.11. The van der Waals surface area contributed by atoms with E-state index in [0.717, 1.165) is 31.2 Å². The lowest BCUT2D eigenvalue weighted by Gasteiger charge is -2.33. The maximum atomic E-state index is 12.3. The summed E-state index contributed by atoms with van der Waals surface area (Å²) in [6, 6.07) is 7.65. The van der Waals surface area contributed by atoms with E-state index in [9.17, 15) is 4.79 Å². The van der Waals surface area contributed by atoms with Crippen molar-refractivity contribution < 1.29 is 4.79 Å². The van der Waals surface area contributed by atoms with Crippen LogP contribution in [0.25, 0.3) is 0 Å². The fraction of sp³-hybridized carbons (Fsp3) is 0.562. The molecule has 0 saturated heterocycles. The maximum absolute atomic E-state index is 12.3. The van der Waals surface area contributed by atoms with Crippen molar-refractivity contribution in [2.75, 3.05) is 0 Å². The van der Waals surface area contributed by atoms with Crippen LogP contribution in [0.1, 0.15) is 45.1 Å². The van der Waals surface area contributed by atoms with E-state index in [2.05, 4.69) is 13.8 Å². The van der Waals surface area contributed by atoms with Crippen LogP contribution in [0.2, 0.25) is 5.02 Å². The van der Waals surface area contributed by atoms with E-state index in [1.807, 2.05) is 24.3 Å². The van der Waals surface area contributed by atoms with Crippen molar-refractivity contribution in [3.05, 3.63) is 34.9 Å². The number of hydrogen-bond acceptors (Lipinski definition) is 1. The van der Waals surface area contributed by atoms with Gasteiger partial charge in [-0.25, -0.2) is 0 Å². The summed E-state index contributed by atoms with van der Waals surface area (Å²) in [6.45, 7) is 4.59. The van der Waals surface area contributed by atoms with Gasteiger partial charge < -0.3 is 0 Å². The quantitative estimate of drug-likeness (QED) is 0.775. The van der Waals surface area contributed by atoms with E-state index in [0.29, 0.717) is 22.6 Å². The second-order valence-electron chi connectivity index (χ2n) is 6.17. The van der Waals surface area contributed by atoms with Crippen molar-refractivity contribution in [2.24, 2.45) is 11.3 Å². The zero-order chi connectivity index (χ0) is 13.2. The fourth-order valence-electron chi connectivity index (χ4n) is 2.70. The average molecular weight is 265 g/mol. The van der Waals surface area contributed by atoms with Crippen molar-refractivity contribution in [3.63, 3.8) is 0 Å². The molecule has 0 heterocycles. The van der Waals surface area contributed by atoms with Gasteiger partial charge >= 0.3 is 0 Å². The van der Waals surface area contributed by atoms with Gasteiger partial charge in [-0.1, -0.05) is 43.6 Å². The molecule has 1 fully saturated rings. The van der Waals surface area contributed by atoms with Gasteiger partial charge in [0.05, 0.1) is 0 Å². The third-order valence-corrected chi connectivity index (χ3v) is 4.49. The van der Waals surface area contributed by atoms with E-state index in [4.69, 9.17) is 11.6 Å². The molecule has 1 aromatic rings. The number of carbonyl (C=O) groups is 1. The normalized spacial score (nSPS) is 19.7. The summed E-state index contributed by atoms with van der Waals surface area (Å²) < 4.78 is 0. The summed E-state index contributed by atoms with van der Waals surface area (Å²) in [4.78, 5) is 12.3. The van der Waals surface area contributed by atoms with Gasteiger partial charge in [0.2, 0.25) is 0 Å². The molecule has 1 aliphatic rings. The topological polar surface area (TPSA) is 17.1 Å². The molecular formula is C16H21ClO. The number of rotatable bonds is 3. The van der Waals surface area contributed by atoms with Crippen molar-refractivity contribution in [1.29, 1.82) is 0 Å². The molecule has 18 heavy (non-hydrogen) atoms. The molecule has 98 valence electrons. The molecule has 2 heteroatoms. The van der Waals surface area contributed by atoms with Crippen LogP contribution in [0, 0.1) is 11.3 Å². The number of Topliss-reactive ketones (excluding diaryl/α,β-unsaturated/α-hetero) is 1. The highest BCUT2D eigenvalue weighted by atomic mass is 35.5. The van der Waals surface area contributed by atoms with Crippen LogP contribution in [0.4, 0.5) is 0 Å². The Bertz CT molecular complexity index is 426. The standard InChI is InChI=1S/C16H21ClO/c1-16(2)9-7-12(8-10-16)15(18)11-13-5-3-4-6-14(13)17/h3-6,12H,7-11H2,1-2H3. The first-order valence-electron chi connectivity index (χ1n) is 6.74. The predicted molar refractivity (Wildman–Crippen MR) is 75.9 cm³/mol. The summed E-state index contributed by atoms with van der Waals surface area (Å²) in [5, 5.41) is 0.710. The SMILES string of the molecule is CC1(C)CCC(C(=O)Cc2ccccc2Cl)CC1. The molecule has 0 unspecified atom stereocenters. The zero-order valence-electron chi connectivity index (χ0n) is 11.2. The number of halogens is 1. The Morgan fingerprint density at radius 3 is 2.50 bits per heavy atom. The molecule has 0 amide bonds. The summed E-state index contributed by atoms with van der Waals surface area (Å²) in [5.41, 5.74) is 1.38. The Labute approximate surface area is 115 Å². The average Bonchev–Trinajstić information content (AvgIpc) is 2.32. The molecule has 1 aromatic carbocycles. The van der Waals surface area contributed by atoms with Crippen LogP contribution >= 0.6 is 11.6 Å². The highest BCUT2D eigenvalue weighted by Gasteiger charge is 2.30. The Balaban J connectivity index is 1.95. The second kappa shape index (κ2) is 5.44. The third-order valence-electron chi connectivity index (χ3n) is 4.12. The minimum absolute atomic E-state index is 0.245. The minimum Gasteiger partial charge on any atom is -0.299 e. The Hall–Kier alpha value is -0.820. The predicted octanol–water partition coefficient (Wildman–Crippen LogP) is 4.67. The van der Waals surface area contributed by atoms with Gasteiger partial charge in [-0.3, -0.25) is 4.79 Å². The van der Waals surface area contributed by atoms with Crippen LogP contribution in [0.15, 0.2) is 24.3 Å². The van der Waals surface area contributed by atoms with E-state index >= 15 is 0 Å². The van der Waals surface area contributed by atoms with Crippen LogP contribution in [-0.2, 0) is 11.2 Å². The van der Waals surface area contributed by atoms with E-state index in [1.165, 1.54) is 0 Å². The largest absolute Gasteiger partial charge is 0.299 e. The molecule has 0 N–H and O–H groups in total. The van der Waals surface area contributed by atoms with Gasteiger partial charge in [0.1, 0.15) is 5.78 Å². The van der Waals surface area contributed by atoms with E-state index in [-0.39, 0.29) is 5.92 Å². The molecule has 0 bridgehead atoms. The molecule has 0 aromatic heterocycles. The molecular weight excluding hydrogens is 244 g/mol. The second-order valence-corrected chi connectivity index (χ2v) is 6.58. The minimum atomic E-state index is 0.245. The van der Waals surface area contributed by atoms with Crippen LogP contribution in [0.3, 0.4) is 0 Å². The van der Waals surface area contributed by atoms with Gasteiger partial charge in [-0.05, 0) is 42.7 Å². The molecule has 2 rings (SSSR count). The molecule has 0 spiro atoms. The lowest BCUT2D eigenvalue weighted by Crippen LogP contribution is -2.27. The first-order chi connectivity index (χ1) is 8.48. The molecule has 1 aliphatic carbocycles. The number of hydrogen-bond donors (Lipinski definition) is 0. The van der Waals surface area contributed by atoms with Crippen molar-refractivity contribution >= 4 is 17.4 Å². The molecule has 0 atom stereocenters. The first kappa shape index (κ1) is 13.6. The monoisotopic (exact) mass is 264 g/mol. The molecule has 1 nitrogen and oxygen atoms in total. The van der Waals surface area contributed by atoms with Crippen molar-refractivity contribution in [2.45, 2.75) is 46.0 Å². The maximum Gasteiger partial charge on any atom is 0.140 e. The van der Waals surface area contributed by atoms with Gasteiger partial charge in [-0.2, -0.15) is 0 Å². The highest BCUT2D eigenvalue weighted by Crippen LogP contribution is 2.38. The van der Waals surface area contributed by atoms with Crippen LogP contribution in [-0.4, -0.2) is 5.78 Å². The van der Waals surface area contributed by atoms with Crippen molar-refractivity contribution in [1.82, 2.24) is 0 Å². The lowest BCUT2D eigenvalue weighted by atomic mass is 9.71. The zero-order valence-corrected chi connectivity index (χ0v) is 12.0. The Morgan fingerprint density at radius 2 is 1.89 bits per heavy atom. The van der Waals surface area contributed by atoms with E-state index < -0.39 is 0 Å². The fourth-order valence-corrected chi connectivity index (χ4v) is 2.90. The van der Waals surface area contributed by atoms with E-state index in [1.54, 1.807) is 0 Å².